The number of benzene rings is 2. The van der Waals surface area contributed by atoms with Gasteiger partial charge in [-0.1, -0.05) is 55.1 Å². The summed E-state index contributed by atoms with van der Waals surface area (Å²) in [6.45, 7) is 4.35. The highest BCUT2D eigenvalue weighted by molar-refractivity contribution is 5.91. The molecule has 1 unspecified atom stereocenters. The van der Waals surface area contributed by atoms with E-state index in [1.165, 1.54) is 7.11 Å². The van der Waals surface area contributed by atoms with Crippen LogP contribution in [0, 0.1) is 0 Å². The lowest BCUT2D eigenvalue weighted by Crippen LogP contribution is -2.11. The molecule has 0 saturated heterocycles. The zero-order chi connectivity index (χ0) is 17.1. The van der Waals surface area contributed by atoms with Gasteiger partial charge in [0.1, 0.15) is 6.10 Å². The number of methoxy groups -OCH3 is 1. The van der Waals surface area contributed by atoms with Crippen LogP contribution in [-0.2, 0) is 16.1 Å². The van der Waals surface area contributed by atoms with E-state index in [0.29, 0.717) is 12.1 Å². The number of hydrogen-bond acceptors (Lipinski definition) is 3. The SMILES string of the molecule is C=C(C(=O)OC)C(O)c1cn(Cc2ccccc2)c2ccccc12. The van der Waals surface area contributed by atoms with E-state index in [-0.39, 0.29) is 5.57 Å². The maximum absolute atomic E-state index is 11.7. The molecule has 122 valence electrons. The highest BCUT2D eigenvalue weighted by atomic mass is 16.5. The molecule has 2 aromatic carbocycles. The lowest BCUT2D eigenvalue weighted by Gasteiger charge is -2.11. The highest BCUT2D eigenvalue weighted by Gasteiger charge is 2.23. The van der Waals surface area contributed by atoms with E-state index in [2.05, 4.69) is 28.0 Å². The van der Waals surface area contributed by atoms with Crippen LogP contribution in [0.1, 0.15) is 17.2 Å². The second kappa shape index (κ2) is 6.72. The van der Waals surface area contributed by atoms with Crippen molar-refractivity contribution in [3.05, 3.63) is 84.1 Å². The van der Waals surface area contributed by atoms with E-state index in [9.17, 15) is 9.90 Å². The van der Waals surface area contributed by atoms with E-state index in [1.807, 2.05) is 48.7 Å². The van der Waals surface area contributed by atoms with Crippen molar-refractivity contribution >= 4 is 16.9 Å². The van der Waals surface area contributed by atoms with Crippen LogP contribution in [0.5, 0.6) is 0 Å². The van der Waals surface area contributed by atoms with Crippen LogP contribution in [0.2, 0.25) is 0 Å². The largest absolute Gasteiger partial charge is 0.466 e. The maximum atomic E-state index is 11.7. The molecule has 1 aromatic heterocycles. The highest BCUT2D eigenvalue weighted by Crippen LogP contribution is 2.31. The summed E-state index contributed by atoms with van der Waals surface area (Å²) in [4.78, 5) is 11.7. The first-order valence-corrected chi connectivity index (χ1v) is 7.68. The predicted octanol–water partition coefficient (Wildman–Crippen LogP) is 3.45. The summed E-state index contributed by atoms with van der Waals surface area (Å²) in [5, 5.41) is 11.4. The smallest absolute Gasteiger partial charge is 0.336 e. The predicted molar refractivity (Wildman–Crippen MR) is 93.6 cm³/mol. The number of hydrogen-bond donors (Lipinski definition) is 1. The van der Waals surface area contributed by atoms with Gasteiger partial charge in [-0.05, 0) is 11.6 Å². The number of fused-ring (bicyclic) bond motifs is 1. The van der Waals surface area contributed by atoms with Crippen LogP contribution in [0.25, 0.3) is 10.9 Å². The van der Waals surface area contributed by atoms with E-state index in [4.69, 9.17) is 0 Å². The van der Waals surface area contributed by atoms with Crippen molar-refractivity contribution in [2.45, 2.75) is 12.6 Å². The molecule has 0 aliphatic carbocycles. The van der Waals surface area contributed by atoms with Crippen LogP contribution in [0.15, 0.2) is 72.9 Å². The quantitative estimate of drug-likeness (QED) is 0.578. The van der Waals surface area contributed by atoms with Gasteiger partial charge in [-0.25, -0.2) is 4.79 Å². The Balaban J connectivity index is 2.03. The van der Waals surface area contributed by atoms with E-state index >= 15 is 0 Å². The fourth-order valence-electron chi connectivity index (χ4n) is 2.83. The van der Waals surface area contributed by atoms with Crippen molar-refractivity contribution in [3.63, 3.8) is 0 Å². The normalized spacial score (nSPS) is 12.1. The molecule has 0 bridgehead atoms. The number of rotatable bonds is 5. The number of nitrogens with zero attached hydrogens (tertiary/aromatic N) is 1. The third-order valence-electron chi connectivity index (χ3n) is 4.09. The minimum absolute atomic E-state index is 0.0279. The van der Waals surface area contributed by atoms with Gasteiger partial charge in [0, 0.05) is 29.2 Å². The van der Waals surface area contributed by atoms with Crippen molar-refractivity contribution in [1.82, 2.24) is 4.57 Å². The zero-order valence-corrected chi connectivity index (χ0v) is 13.5. The Labute approximate surface area is 140 Å². The third kappa shape index (κ3) is 2.96. The molecule has 1 N–H and O–H groups in total. The molecular formula is C20H19NO3. The van der Waals surface area contributed by atoms with Gasteiger partial charge in [0.2, 0.25) is 0 Å². The lowest BCUT2D eigenvalue weighted by atomic mass is 10.0. The molecule has 0 radical (unpaired) electrons. The molecule has 1 heterocycles. The van der Waals surface area contributed by atoms with Crippen LogP contribution < -0.4 is 0 Å². The summed E-state index contributed by atoms with van der Waals surface area (Å²) in [7, 11) is 1.28. The molecule has 24 heavy (non-hydrogen) atoms. The summed E-state index contributed by atoms with van der Waals surface area (Å²) >= 11 is 0. The van der Waals surface area contributed by atoms with E-state index in [0.717, 1.165) is 16.5 Å². The topological polar surface area (TPSA) is 51.5 Å². The van der Waals surface area contributed by atoms with Crippen molar-refractivity contribution in [1.29, 1.82) is 0 Å². The molecule has 3 rings (SSSR count). The molecule has 3 aromatic rings. The minimum atomic E-state index is -1.10. The average Bonchev–Trinajstić information content (AvgIpc) is 2.99. The van der Waals surface area contributed by atoms with Crippen LogP contribution in [0.3, 0.4) is 0 Å². The number of aliphatic hydroxyl groups excluding tert-OH is 1. The Morgan fingerprint density at radius 2 is 1.83 bits per heavy atom. The Morgan fingerprint density at radius 3 is 2.54 bits per heavy atom. The van der Waals surface area contributed by atoms with Gasteiger partial charge < -0.3 is 14.4 Å². The van der Waals surface area contributed by atoms with Gasteiger partial charge in [0.05, 0.1) is 12.7 Å². The molecule has 0 saturated carbocycles. The summed E-state index contributed by atoms with van der Waals surface area (Å²) in [6, 6.07) is 17.9. The first kappa shape index (κ1) is 16.0. The summed E-state index contributed by atoms with van der Waals surface area (Å²) in [5.74, 6) is -0.609. The van der Waals surface area contributed by atoms with Gasteiger partial charge in [-0.3, -0.25) is 0 Å². The fraction of sp³-hybridized carbons (Fsp3) is 0.150. The second-order valence-electron chi connectivity index (χ2n) is 5.63. The van der Waals surface area contributed by atoms with Crippen LogP contribution in [-0.4, -0.2) is 22.8 Å². The molecule has 4 nitrogen and oxygen atoms in total. The first-order chi connectivity index (χ1) is 11.6. The van der Waals surface area contributed by atoms with Gasteiger partial charge in [0.15, 0.2) is 0 Å². The molecule has 0 fully saturated rings. The molecule has 0 aliphatic rings. The van der Waals surface area contributed by atoms with Crippen molar-refractivity contribution in [2.24, 2.45) is 0 Å². The van der Waals surface area contributed by atoms with Crippen molar-refractivity contribution in [2.75, 3.05) is 7.11 Å². The summed E-state index contributed by atoms with van der Waals surface area (Å²) < 4.78 is 6.73. The number of ether oxygens (including phenoxy) is 1. The molecule has 1 atom stereocenters. The molecular weight excluding hydrogens is 302 g/mol. The standard InChI is InChI=1S/C20H19NO3/c1-14(20(23)24-2)19(22)17-13-21(12-15-8-4-3-5-9-15)18-11-7-6-10-16(17)18/h3-11,13,19,22H,1,12H2,2H3. The first-order valence-electron chi connectivity index (χ1n) is 7.68. The Bertz CT molecular complexity index is 880. The van der Waals surface area contributed by atoms with Gasteiger partial charge in [-0.2, -0.15) is 0 Å². The fourth-order valence-corrected chi connectivity index (χ4v) is 2.83. The number of carbonyl (C=O) groups is 1. The van der Waals surface area contributed by atoms with Crippen LogP contribution in [0.4, 0.5) is 0 Å². The van der Waals surface area contributed by atoms with E-state index < -0.39 is 12.1 Å². The van der Waals surface area contributed by atoms with Crippen molar-refractivity contribution < 1.29 is 14.6 Å². The van der Waals surface area contributed by atoms with E-state index in [1.54, 1.807) is 0 Å². The number of esters is 1. The molecule has 4 heteroatoms. The zero-order valence-electron chi connectivity index (χ0n) is 13.5. The summed E-state index contributed by atoms with van der Waals surface area (Å²) in [6.07, 6.45) is 0.774. The Hall–Kier alpha value is -2.85. The summed E-state index contributed by atoms with van der Waals surface area (Å²) in [5.41, 5.74) is 2.83. The van der Waals surface area contributed by atoms with Crippen LogP contribution >= 0.6 is 0 Å². The lowest BCUT2D eigenvalue weighted by molar-refractivity contribution is -0.137. The number of carbonyl (C=O) groups excluding carboxylic acids is 1. The second-order valence-corrected chi connectivity index (χ2v) is 5.63. The monoisotopic (exact) mass is 321 g/mol. The average molecular weight is 321 g/mol. The maximum Gasteiger partial charge on any atom is 0.336 e. The Kier molecular flexibility index (Phi) is 4.49. The molecule has 0 spiro atoms. The third-order valence-corrected chi connectivity index (χ3v) is 4.09. The van der Waals surface area contributed by atoms with Gasteiger partial charge >= 0.3 is 5.97 Å². The number of para-hydroxylation sites is 1. The molecule has 0 amide bonds. The Morgan fingerprint density at radius 1 is 1.17 bits per heavy atom. The number of aliphatic hydroxyl groups is 1. The molecule has 0 aliphatic heterocycles. The number of aromatic nitrogens is 1. The van der Waals surface area contributed by atoms with Crippen molar-refractivity contribution in [3.8, 4) is 0 Å². The van der Waals surface area contributed by atoms with Gasteiger partial charge in [-0.15, -0.1) is 0 Å². The minimum Gasteiger partial charge on any atom is -0.466 e. The van der Waals surface area contributed by atoms with Gasteiger partial charge in [0.25, 0.3) is 0 Å².